The minimum atomic E-state index is -0.767. The van der Waals surface area contributed by atoms with Gasteiger partial charge in [-0.1, -0.05) is 0 Å². The molecule has 0 heterocycles. The van der Waals surface area contributed by atoms with Crippen LogP contribution in [0.2, 0.25) is 0 Å². The Balaban J connectivity index is 4.02. The minimum Gasteiger partial charge on any atom is -0.330 e. The normalized spacial score (nSPS) is 15.1. The van der Waals surface area contributed by atoms with Crippen molar-refractivity contribution in [3.8, 4) is 0 Å². The third-order valence-electron chi connectivity index (χ3n) is 1.71. The Kier molecular flexibility index (Phi) is 5.45. The molecule has 0 saturated heterocycles. The predicted octanol–water partition coefficient (Wildman–Crippen LogP) is -1.46. The highest BCUT2D eigenvalue weighted by atomic mass is 16.2. The van der Waals surface area contributed by atoms with Gasteiger partial charge in [0, 0.05) is 0 Å². The molecule has 0 aliphatic heterocycles. The monoisotopic (exact) mass is 187 g/mol. The van der Waals surface area contributed by atoms with Crippen molar-refractivity contribution in [3.05, 3.63) is 0 Å². The van der Waals surface area contributed by atoms with Gasteiger partial charge in [0.1, 0.15) is 0 Å². The molecule has 5 nitrogen and oxygen atoms in total. The fraction of sp³-hybridized carbons (Fsp3) is 0.750. The first-order valence-corrected chi connectivity index (χ1v) is 4.30. The van der Waals surface area contributed by atoms with E-state index in [4.69, 9.17) is 17.2 Å². The van der Waals surface area contributed by atoms with Crippen molar-refractivity contribution in [2.24, 2.45) is 17.2 Å². The molecule has 0 spiro atoms. The minimum absolute atomic E-state index is 0.438. The number of ketones is 2. The Morgan fingerprint density at radius 1 is 1.23 bits per heavy atom. The quantitative estimate of drug-likeness (QED) is 0.440. The Morgan fingerprint density at radius 2 is 1.77 bits per heavy atom. The molecule has 0 fully saturated rings. The zero-order valence-corrected chi connectivity index (χ0v) is 7.82. The summed E-state index contributed by atoms with van der Waals surface area (Å²) in [6.07, 6.45) is 1.08. The lowest BCUT2D eigenvalue weighted by Crippen LogP contribution is -2.43. The van der Waals surface area contributed by atoms with Crippen LogP contribution in [0.5, 0.6) is 0 Å². The Bertz CT molecular complexity index is 192. The van der Waals surface area contributed by atoms with Crippen LogP contribution in [0.1, 0.15) is 19.8 Å². The lowest BCUT2D eigenvalue weighted by atomic mass is 10.0. The van der Waals surface area contributed by atoms with Crippen LogP contribution in [0.15, 0.2) is 0 Å². The second-order valence-electron chi connectivity index (χ2n) is 3.05. The average Bonchev–Trinajstić information content (AvgIpc) is 2.11. The van der Waals surface area contributed by atoms with Gasteiger partial charge in [-0.25, -0.2) is 0 Å². The van der Waals surface area contributed by atoms with Gasteiger partial charge < -0.3 is 17.2 Å². The molecule has 0 aliphatic rings. The van der Waals surface area contributed by atoms with E-state index in [1.165, 1.54) is 6.92 Å². The Morgan fingerprint density at radius 3 is 2.15 bits per heavy atom. The van der Waals surface area contributed by atoms with E-state index in [2.05, 4.69) is 0 Å². The van der Waals surface area contributed by atoms with Crippen LogP contribution in [0.25, 0.3) is 0 Å². The Hall–Kier alpha value is -0.780. The highest BCUT2D eigenvalue weighted by Crippen LogP contribution is 1.96. The first-order valence-electron chi connectivity index (χ1n) is 4.30. The number of hydrogen-bond donors (Lipinski definition) is 3. The van der Waals surface area contributed by atoms with E-state index in [0.29, 0.717) is 19.4 Å². The third-order valence-corrected chi connectivity index (χ3v) is 1.71. The van der Waals surface area contributed by atoms with Crippen LogP contribution in [-0.2, 0) is 9.59 Å². The summed E-state index contributed by atoms with van der Waals surface area (Å²) in [5.41, 5.74) is 15.9. The molecule has 13 heavy (non-hydrogen) atoms. The number of nitrogens with two attached hydrogens (primary N) is 3. The molecule has 0 aromatic carbocycles. The summed E-state index contributed by atoms with van der Waals surface area (Å²) in [5, 5.41) is 0. The summed E-state index contributed by atoms with van der Waals surface area (Å²) in [4.78, 5) is 22.3. The molecule has 0 aliphatic carbocycles. The van der Waals surface area contributed by atoms with Crippen LogP contribution in [0.4, 0.5) is 0 Å². The molecule has 0 amide bonds. The smallest absolute Gasteiger partial charge is 0.216 e. The van der Waals surface area contributed by atoms with Gasteiger partial charge in [0.2, 0.25) is 11.6 Å². The molecule has 2 atom stereocenters. The van der Waals surface area contributed by atoms with Gasteiger partial charge in [-0.05, 0) is 26.3 Å². The number of hydrogen-bond acceptors (Lipinski definition) is 5. The maximum atomic E-state index is 11.2. The van der Waals surface area contributed by atoms with Gasteiger partial charge in [0.05, 0.1) is 12.1 Å². The van der Waals surface area contributed by atoms with Gasteiger partial charge in [0.15, 0.2) is 0 Å². The van der Waals surface area contributed by atoms with E-state index >= 15 is 0 Å². The number of Topliss-reactive ketones (excluding diaryl/α,β-unsaturated/α-hetero) is 2. The molecule has 0 aromatic heterocycles. The standard InChI is InChI=1S/C8H17N3O2/c1-5(10)7(12)8(13)6(11)3-2-4-9/h5-6H,2-4,9-11H2,1H3/t5-,6-/m0/s1. The topological polar surface area (TPSA) is 112 Å². The Labute approximate surface area is 77.6 Å². The molecule has 0 unspecified atom stereocenters. The number of rotatable bonds is 6. The van der Waals surface area contributed by atoms with Crippen LogP contribution in [0.3, 0.4) is 0 Å². The van der Waals surface area contributed by atoms with Crippen LogP contribution < -0.4 is 17.2 Å². The first kappa shape index (κ1) is 12.2. The van der Waals surface area contributed by atoms with Crippen molar-refractivity contribution in [3.63, 3.8) is 0 Å². The summed E-state index contributed by atoms with van der Waals surface area (Å²) < 4.78 is 0. The van der Waals surface area contributed by atoms with Crippen molar-refractivity contribution >= 4 is 11.6 Å². The highest BCUT2D eigenvalue weighted by Gasteiger charge is 2.23. The maximum Gasteiger partial charge on any atom is 0.216 e. The molecule has 0 radical (unpaired) electrons. The van der Waals surface area contributed by atoms with E-state index in [1.807, 2.05) is 0 Å². The van der Waals surface area contributed by atoms with Gasteiger partial charge in [-0.3, -0.25) is 9.59 Å². The zero-order valence-electron chi connectivity index (χ0n) is 7.82. The third kappa shape index (κ3) is 4.12. The van der Waals surface area contributed by atoms with E-state index < -0.39 is 23.7 Å². The predicted molar refractivity (Wildman–Crippen MR) is 49.9 cm³/mol. The van der Waals surface area contributed by atoms with Crippen molar-refractivity contribution in [2.75, 3.05) is 6.54 Å². The van der Waals surface area contributed by atoms with E-state index in [0.717, 1.165) is 0 Å². The van der Waals surface area contributed by atoms with Crippen LogP contribution in [0, 0.1) is 0 Å². The van der Waals surface area contributed by atoms with E-state index in [9.17, 15) is 9.59 Å². The van der Waals surface area contributed by atoms with Crippen LogP contribution >= 0.6 is 0 Å². The fourth-order valence-electron chi connectivity index (χ4n) is 0.876. The molecule has 0 aromatic rings. The molecular weight excluding hydrogens is 170 g/mol. The molecule has 6 N–H and O–H groups in total. The van der Waals surface area contributed by atoms with Crippen molar-refractivity contribution in [1.29, 1.82) is 0 Å². The molecular formula is C8H17N3O2. The SMILES string of the molecule is C[C@H](N)C(=O)C(=O)[C@@H](N)CCCN. The second kappa shape index (κ2) is 5.80. The van der Waals surface area contributed by atoms with Gasteiger partial charge in [0.25, 0.3) is 0 Å². The first-order chi connectivity index (χ1) is 6.00. The zero-order chi connectivity index (χ0) is 10.4. The summed E-state index contributed by atoms with van der Waals surface area (Å²) in [6.45, 7) is 1.93. The molecule has 76 valence electrons. The van der Waals surface area contributed by atoms with Gasteiger partial charge >= 0.3 is 0 Å². The molecule has 5 heteroatoms. The van der Waals surface area contributed by atoms with Gasteiger partial charge in [-0.2, -0.15) is 0 Å². The largest absolute Gasteiger partial charge is 0.330 e. The van der Waals surface area contributed by atoms with Crippen molar-refractivity contribution in [1.82, 2.24) is 0 Å². The lowest BCUT2D eigenvalue weighted by molar-refractivity contribution is -0.137. The highest BCUT2D eigenvalue weighted by molar-refractivity contribution is 6.40. The average molecular weight is 187 g/mol. The second-order valence-corrected chi connectivity index (χ2v) is 3.05. The van der Waals surface area contributed by atoms with E-state index in [-0.39, 0.29) is 0 Å². The summed E-state index contributed by atoms with van der Waals surface area (Å²) in [5.74, 6) is -1.20. The summed E-state index contributed by atoms with van der Waals surface area (Å²) in [6, 6.07) is -1.52. The fourth-order valence-corrected chi connectivity index (χ4v) is 0.876. The summed E-state index contributed by atoms with van der Waals surface area (Å²) in [7, 11) is 0. The van der Waals surface area contributed by atoms with E-state index in [1.54, 1.807) is 0 Å². The van der Waals surface area contributed by atoms with Gasteiger partial charge in [-0.15, -0.1) is 0 Å². The lowest BCUT2D eigenvalue weighted by Gasteiger charge is -2.09. The van der Waals surface area contributed by atoms with Crippen LogP contribution in [-0.4, -0.2) is 30.2 Å². The molecule has 0 bridgehead atoms. The molecule has 0 rings (SSSR count). The van der Waals surface area contributed by atoms with Crippen molar-refractivity contribution < 1.29 is 9.59 Å². The van der Waals surface area contributed by atoms with Crippen molar-refractivity contribution in [2.45, 2.75) is 31.8 Å². The maximum absolute atomic E-state index is 11.2. The summed E-state index contributed by atoms with van der Waals surface area (Å²) >= 11 is 0. The number of carbonyl (C=O) groups is 2. The number of carbonyl (C=O) groups excluding carboxylic acids is 2. The molecule has 0 saturated carbocycles.